The van der Waals surface area contributed by atoms with Crippen LogP contribution in [-0.2, 0) is 22.3 Å². The molecule has 332 valence electrons. The number of hydrogen-bond donors (Lipinski definition) is 2. The molecule has 0 radical (unpaired) electrons. The van der Waals surface area contributed by atoms with Crippen molar-refractivity contribution < 1.29 is 19.1 Å². The van der Waals surface area contributed by atoms with E-state index in [2.05, 4.69) is 77.5 Å². The van der Waals surface area contributed by atoms with Crippen molar-refractivity contribution >= 4 is 56.3 Å². The van der Waals surface area contributed by atoms with Gasteiger partial charge in [-0.3, -0.25) is 0 Å². The first-order chi connectivity index (χ1) is 31.1. The van der Waals surface area contributed by atoms with Crippen LogP contribution >= 0.6 is 0 Å². The first-order valence-electron chi connectivity index (χ1n) is 23.8. The molecular weight excluding hydrogens is 793 g/mol. The Morgan fingerprint density at radius 1 is 0.500 bits per heavy atom. The maximum absolute atomic E-state index is 14.2. The summed E-state index contributed by atoms with van der Waals surface area (Å²) in [5.41, 5.74) is 20.7. The molecule has 5 aromatic rings. The summed E-state index contributed by atoms with van der Waals surface area (Å²) in [5.74, 6) is -0.641. The van der Waals surface area contributed by atoms with Gasteiger partial charge < -0.3 is 19.4 Å². The molecule has 8 heteroatoms. The van der Waals surface area contributed by atoms with Crippen LogP contribution < -0.4 is 0 Å². The van der Waals surface area contributed by atoms with Crippen LogP contribution in [0.2, 0.25) is 0 Å². The molecule has 0 atom stereocenters. The van der Waals surface area contributed by atoms with Crippen molar-refractivity contribution in [3.05, 3.63) is 117 Å². The van der Waals surface area contributed by atoms with Crippen molar-refractivity contribution in [2.45, 2.75) is 132 Å². The van der Waals surface area contributed by atoms with Crippen LogP contribution in [0, 0.1) is 13.8 Å². The summed E-state index contributed by atoms with van der Waals surface area (Å²) in [6, 6.07) is 20.1. The summed E-state index contributed by atoms with van der Waals surface area (Å²) in [7, 11) is 0. The fourth-order valence-electron chi connectivity index (χ4n) is 10.3. The standard InChI is InChI=1S/C56H64N4O4/c1-9-37-33(5)51-49-41-25-19-21-27-43(41)55(61)63-29-23-17-15-13-14-16-18-24-30-64-56(62)44-28-22-20-26-42(44)50(53-34(6)38(10-2)46(58-53)31-45(37)57-51)54-36(8)40(12-4)48(60-54)32-47-39(11-3)35(7)52(49)59-47/h19-22,25-28,31-32,57,60H,9-18,23-24,29-30H2,1-8H3. The lowest BCUT2D eigenvalue weighted by Gasteiger charge is -2.13. The molecule has 0 aliphatic carbocycles. The lowest BCUT2D eigenvalue weighted by molar-refractivity contribution is 0.0488. The van der Waals surface area contributed by atoms with E-state index in [9.17, 15) is 9.59 Å². The van der Waals surface area contributed by atoms with E-state index in [-0.39, 0.29) is 11.9 Å². The van der Waals surface area contributed by atoms with Gasteiger partial charge in [0.05, 0.1) is 58.1 Å². The lowest BCUT2D eigenvalue weighted by atomic mass is 9.92. The van der Waals surface area contributed by atoms with Gasteiger partial charge in [-0.2, -0.15) is 0 Å². The Morgan fingerprint density at radius 3 is 1.22 bits per heavy atom. The number of hydrogen-bond acceptors (Lipinski definition) is 6. The molecule has 0 saturated heterocycles. The average Bonchev–Trinajstić information content (AvgIpc) is 3.99. The highest BCUT2D eigenvalue weighted by Gasteiger charge is 2.28. The van der Waals surface area contributed by atoms with Gasteiger partial charge in [0, 0.05) is 33.3 Å². The Morgan fingerprint density at radius 2 is 0.859 bits per heavy atom. The smallest absolute Gasteiger partial charge is 0.338 e. The van der Waals surface area contributed by atoms with E-state index in [1.807, 2.05) is 48.5 Å². The maximum atomic E-state index is 14.2. The van der Waals surface area contributed by atoms with Gasteiger partial charge in [-0.05, 0) is 135 Å². The van der Waals surface area contributed by atoms with E-state index in [0.717, 1.165) is 178 Å². The van der Waals surface area contributed by atoms with Crippen molar-refractivity contribution in [3.8, 4) is 22.3 Å². The van der Waals surface area contributed by atoms with Crippen LogP contribution in [0.5, 0.6) is 0 Å². The predicted octanol–water partition coefficient (Wildman–Crippen LogP) is 14.5. The number of aryl methyl sites for hydroxylation is 4. The second-order valence-electron chi connectivity index (χ2n) is 17.6. The molecule has 0 unspecified atom stereocenters. The van der Waals surface area contributed by atoms with Crippen LogP contribution in [0.3, 0.4) is 0 Å². The number of nitrogens with zero attached hydrogens (tertiary/aromatic N) is 2. The summed E-state index contributed by atoms with van der Waals surface area (Å²) in [5, 5.41) is 0. The van der Waals surface area contributed by atoms with Crippen LogP contribution in [-0.4, -0.2) is 45.1 Å². The quantitative estimate of drug-likeness (QED) is 0.174. The Bertz CT molecular complexity index is 2670. The zero-order valence-electron chi connectivity index (χ0n) is 39.2. The molecule has 8 nitrogen and oxygen atoms in total. The van der Waals surface area contributed by atoms with Crippen LogP contribution in [0.15, 0.2) is 60.7 Å². The minimum atomic E-state index is -0.320. The molecule has 9 rings (SSSR count). The summed E-state index contributed by atoms with van der Waals surface area (Å²) in [6.07, 6.45) is 11.1. The van der Waals surface area contributed by atoms with Crippen molar-refractivity contribution in [1.82, 2.24) is 19.9 Å². The van der Waals surface area contributed by atoms with Crippen molar-refractivity contribution in [2.75, 3.05) is 13.2 Å². The Kier molecular flexibility index (Phi) is 13.5. The fraction of sp³-hybridized carbons (Fsp3) is 0.393. The van der Waals surface area contributed by atoms with Crippen molar-refractivity contribution in [1.29, 1.82) is 0 Å². The minimum Gasteiger partial charge on any atom is -0.462 e. The molecule has 2 aromatic carbocycles. The minimum absolute atomic E-state index is 0.320. The molecule has 10 bridgehead atoms. The van der Waals surface area contributed by atoms with E-state index < -0.39 is 0 Å². The molecule has 0 spiro atoms. The highest BCUT2D eigenvalue weighted by Crippen LogP contribution is 2.45. The summed E-state index contributed by atoms with van der Waals surface area (Å²) >= 11 is 0. The number of carbonyl (C=O) groups excluding carboxylic acids is 2. The van der Waals surface area contributed by atoms with Gasteiger partial charge in [-0.1, -0.05) is 103 Å². The second kappa shape index (κ2) is 19.4. The van der Waals surface area contributed by atoms with Gasteiger partial charge in [0.2, 0.25) is 0 Å². The number of benzene rings is 2. The molecule has 0 amide bonds. The predicted molar refractivity (Wildman–Crippen MR) is 263 cm³/mol. The SMILES string of the molecule is CCC1=C(C)c2nc1cc1[nH]c(c(C)c1CC)c1c3nc(cc4[nH]c(c(C)c4CC)c2-c2ccccc2C(=O)OCCCCCCCCCCOC(=O)c2ccccc2-1)C(CC)=C3C. The monoisotopic (exact) mass is 856 g/mol. The molecule has 3 aromatic heterocycles. The molecule has 64 heavy (non-hydrogen) atoms. The molecule has 4 aliphatic rings. The first-order valence-corrected chi connectivity index (χ1v) is 23.8. The number of fused-ring (bicyclic) bond motifs is 13. The number of aromatic amines is 2. The van der Waals surface area contributed by atoms with Crippen molar-refractivity contribution in [3.63, 3.8) is 0 Å². The van der Waals surface area contributed by atoms with Gasteiger partial charge in [0.1, 0.15) is 0 Å². The maximum Gasteiger partial charge on any atom is 0.338 e. The topological polar surface area (TPSA) is 110 Å². The average molecular weight is 857 g/mol. The third-order valence-electron chi connectivity index (χ3n) is 13.8. The molecule has 0 saturated carbocycles. The molecular formula is C56H64N4O4. The number of nitrogens with one attached hydrogen (secondary N) is 2. The Balaban J connectivity index is 1.55. The van der Waals surface area contributed by atoms with Gasteiger partial charge in [0.25, 0.3) is 0 Å². The number of H-pyrrole nitrogens is 2. The summed E-state index contributed by atoms with van der Waals surface area (Å²) in [6.45, 7) is 18.2. The highest BCUT2D eigenvalue weighted by atomic mass is 16.5. The lowest BCUT2D eigenvalue weighted by Crippen LogP contribution is -2.09. The zero-order valence-corrected chi connectivity index (χ0v) is 39.2. The highest BCUT2D eigenvalue weighted by molar-refractivity contribution is 6.08. The number of esters is 2. The largest absolute Gasteiger partial charge is 0.462 e. The second-order valence-corrected chi connectivity index (χ2v) is 17.6. The molecule has 0 fully saturated rings. The van der Waals surface area contributed by atoms with E-state index in [0.29, 0.717) is 24.3 Å². The van der Waals surface area contributed by atoms with E-state index in [1.54, 1.807) is 0 Å². The summed E-state index contributed by atoms with van der Waals surface area (Å²) in [4.78, 5) is 47.4. The third kappa shape index (κ3) is 8.28. The van der Waals surface area contributed by atoms with Gasteiger partial charge in [-0.15, -0.1) is 0 Å². The van der Waals surface area contributed by atoms with Gasteiger partial charge in [0.15, 0.2) is 0 Å². The zero-order chi connectivity index (χ0) is 45.1. The Labute approximate surface area is 378 Å². The number of allylic oxidation sites excluding steroid dienone is 4. The molecule has 2 N–H and O–H groups in total. The van der Waals surface area contributed by atoms with E-state index >= 15 is 0 Å². The number of aromatic nitrogens is 4. The third-order valence-corrected chi connectivity index (χ3v) is 13.8. The normalized spacial score (nSPS) is 15.6. The van der Waals surface area contributed by atoms with Crippen LogP contribution in [0.1, 0.15) is 171 Å². The number of rotatable bonds is 4. The van der Waals surface area contributed by atoms with Crippen LogP contribution in [0.4, 0.5) is 0 Å². The summed E-state index contributed by atoms with van der Waals surface area (Å²) < 4.78 is 12.1. The number of carbonyl (C=O) groups is 2. The fourth-order valence-corrected chi connectivity index (χ4v) is 10.3. The molecule has 7 heterocycles. The molecule has 4 aliphatic heterocycles. The number of ether oxygens (including phenoxy) is 2. The Hall–Kier alpha value is -6.02. The van der Waals surface area contributed by atoms with Gasteiger partial charge >= 0.3 is 11.9 Å². The van der Waals surface area contributed by atoms with E-state index in [4.69, 9.17) is 19.4 Å². The first kappa shape index (κ1) is 44.6. The van der Waals surface area contributed by atoms with Crippen molar-refractivity contribution in [2.24, 2.45) is 0 Å². The van der Waals surface area contributed by atoms with Crippen LogP contribution in [0.25, 0.3) is 66.6 Å². The van der Waals surface area contributed by atoms with Gasteiger partial charge in [-0.25, -0.2) is 19.6 Å². The van der Waals surface area contributed by atoms with E-state index in [1.165, 1.54) is 11.1 Å².